The molecule has 0 amide bonds. The Morgan fingerprint density at radius 2 is 2.17 bits per heavy atom. The lowest BCUT2D eigenvalue weighted by molar-refractivity contribution is 0.215. The summed E-state index contributed by atoms with van der Waals surface area (Å²) in [6.45, 7) is 5.74. The fraction of sp³-hybridized carbons (Fsp3) is 0.300. The van der Waals surface area contributed by atoms with Gasteiger partial charge < -0.3 is 15.1 Å². The Morgan fingerprint density at radius 1 is 1.38 bits per heavy atom. The van der Waals surface area contributed by atoms with Crippen molar-refractivity contribution in [2.75, 3.05) is 5.73 Å². The van der Waals surface area contributed by atoms with E-state index in [2.05, 4.69) is 21.1 Å². The van der Waals surface area contributed by atoms with E-state index in [9.17, 15) is 5.26 Å². The Balaban J connectivity index is 1.93. The van der Waals surface area contributed by atoms with Crippen molar-refractivity contribution in [3.05, 3.63) is 46.9 Å². The van der Waals surface area contributed by atoms with E-state index in [1.807, 2.05) is 38.9 Å². The molecule has 2 N–H and O–H groups in total. The first kappa shape index (κ1) is 18.8. The van der Waals surface area contributed by atoms with Gasteiger partial charge in [0.1, 0.15) is 23.6 Å². The van der Waals surface area contributed by atoms with Crippen LogP contribution < -0.4 is 15.1 Å². The third-order valence-electron chi connectivity index (χ3n) is 4.95. The van der Waals surface area contributed by atoms with Crippen molar-refractivity contribution in [1.29, 1.82) is 5.26 Å². The first-order valence-corrected chi connectivity index (χ1v) is 9.40. The zero-order chi connectivity index (χ0) is 20.7. The highest BCUT2D eigenvalue weighted by atomic mass is 16.5. The van der Waals surface area contributed by atoms with Crippen molar-refractivity contribution in [2.45, 2.75) is 33.1 Å². The third kappa shape index (κ3) is 3.38. The zero-order valence-corrected chi connectivity index (χ0v) is 16.8. The maximum absolute atomic E-state index is 9.66. The Morgan fingerprint density at radius 3 is 2.93 bits per heavy atom. The number of nitrogen functional groups attached to an aromatic ring is 1. The lowest BCUT2D eigenvalue weighted by atomic mass is 9.65. The standard InChI is InChI=1S/C20H21BN6O2/c1-11-5-6-17-13(7-11)12(2)28-20-19(23)24-10-15(25-20)18-14(8-21(3)29-17)26-27(4)16(18)9-22/h5-7,10,12H,8H2,1-4H3,(H2,23,24)/t12-/m1/s1. The molecular weight excluding hydrogens is 367 g/mol. The number of fused-ring (bicyclic) bond motifs is 5. The van der Waals surface area contributed by atoms with E-state index in [0.717, 1.165) is 16.9 Å². The lowest BCUT2D eigenvalue weighted by Gasteiger charge is -2.22. The molecule has 9 heteroatoms. The van der Waals surface area contributed by atoms with Crippen molar-refractivity contribution in [2.24, 2.45) is 7.05 Å². The van der Waals surface area contributed by atoms with Crippen LogP contribution in [0.25, 0.3) is 11.3 Å². The minimum absolute atomic E-state index is 0.176. The number of hydrogen-bond acceptors (Lipinski definition) is 7. The molecule has 0 fully saturated rings. The highest BCUT2D eigenvalue weighted by Crippen LogP contribution is 2.35. The normalized spacial score (nSPS) is 15.7. The molecule has 0 saturated heterocycles. The Labute approximate surface area is 169 Å². The average molecular weight is 388 g/mol. The zero-order valence-electron chi connectivity index (χ0n) is 16.8. The summed E-state index contributed by atoms with van der Waals surface area (Å²) in [5.74, 6) is 1.14. The molecule has 1 atom stereocenters. The first-order chi connectivity index (χ1) is 13.9. The Kier molecular flexibility index (Phi) is 4.63. The van der Waals surface area contributed by atoms with Crippen LogP contribution in [0.1, 0.15) is 35.5 Å². The topological polar surface area (TPSA) is 112 Å². The van der Waals surface area contributed by atoms with Gasteiger partial charge in [-0.05, 0) is 32.8 Å². The molecule has 1 aliphatic heterocycles. The number of benzene rings is 1. The molecule has 3 aromatic rings. The number of nitriles is 1. The van der Waals surface area contributed by atoms with Crippen molar-refractivity contribution >= 4 is 12.7 Å². The van der Waals surface area contributed by atoms with Gasteiger partial charge >= 0.3 is 6.92 Å². The number of aryl methyl sites for hydroxylation is 2. The van der Waals surface area contributed by atoms with Crippen LogP contribution in [0.5, 0.6) is 11.6 Å². The maximum Gasteiger partial charge on any atom is 0.360 e. The molecule has 1 aromatic carbocycles. The van der Waals surface area contributed by atoms with E-state index in [-0.39, 0.29) is 24.7 Å². The van der Waals surface area contributed by atoms with Gasteiger partial charge in [-0.3, -0.25) is 4.68 Å². The molecule has 0 radical (unpaired) electrons. The summed E-state index contributed by atoms with van der Waals surface area (Å²) in [6.07, 6.45) is 1.70. The van der Waals surface area contributed by atoms with E-state index in [1.54, 1.807) is 17.9 Å². The van der Waals surface area contributed by atoms with Crippen molar-refractivity contribution < 1.29 is 9.39 Å². The molecule has 29 heavy (non-hydrogen) atoms. The number of anilines is 1. The molecule has 0 unspecified atom stereocenters. The van der Waals surface area contributed by atoms with Gasteiger partial charge in [0, 0.05) is 18.9 Å². The molecule has 8 nitrogen and oxygen atoms in total. The van der Waals surface area contributed by atoms with Gasteiger partial charge in [0.25, 0.3) is 5.88 Å². The van der Waals surface area contributed by atoms with Gasteiger partial charge in [0.2, 0.25) is 0 Å². The van der Waals surface area contributed by atoms with E-state index in [4.69, 9.17) is 15.1 Å². The fourth-order valence-corrected chi connectivity index (χ4v) is 3.56. The van der Waals surface area contributed by atoms with E-state index in [1.165, 1.54) is 0 Å². The van der Waals surface area contributed by atoms with Crippen LogP contribution in [-0.2, 0) is 13.4 Å². The summed E-state index contributed by atoms with van der Waals surface area (Å²) in [7, 11) is 1.73. The minimum atomic E-state index is -0.354. The van der Waals surface area contributed by atoms with Crippen LogP contribution in [0.2, 0.25) is 6.82 Å². The molecule has 0 saturated carbocycles. The summed E-state index contributed by atoms with van der Waals surface area (Å²) >= 11 is 0. The fourth-order valence-electron chi connectivity index (χ4n) is 3.56. The lowest BCUT2D eigenvalue weighted by Crippen LogP contribution is -2.23. The first-order valence-electron chi connectivity index (χ1n) is 9.40. The Bertz CT molecular complexity index is 1140. The second-order valence-electron chi connectivity index (χ2n) is 7.29. The van der Waals surface area contributed by atoms with Gasteiger partial charge in [0.05, 0.1) is 23.1 Å². The molecule has 0 aliphatic carbocycles. The van der Waals surface area contributed by atoms with Gasteiger partial charge in [-0.1, -0.05) is 11.6 Å². The highest BCUT2D eigenvalue weighted by Gasteiger charge is 2.27. The number of hydrogen-bond donors (Lipinski definition) is 1. The summed E-state index contributed by atoms with van der Waals surface area (Å²) < 4.78 is 13.9. The quantitative estimate of drug-likeness (QED) is 0.590. The number of rotatable bonds is 0. The maximum atomic E-state index is 9.66. The van der Waals surface area contributed by atoms with Gasteiger partial charge in [-0.2, -0.15) is 10.4 Å². The molecule has 0 spiro atoms. The largest absolute Gasteiger partial charge is 0.560 e. The molecular formula is C20H21BN6O2. The molecule has 3 heterocycles. The monoisotopic (exact) mass is 388 g/mol. The minimum Gasteiger partial charge on any atom is -0.560 e. The molecule has 4 rings (SSSR count). The van der Waals surface area contributed by atoms with Gasteiger partial charge in [0.15, 0.2) is 5.82 Å². The average Bonchev–Trinajstić information content (AvgIpc) is 2.98. The molecule has 1 aliphatic rings. The van der Waals surface area contributed by atoms with E-state index in [0.29, 0.717) is 29.0 Å². The molecule has 2 aromatic heterocycles. The second kappa shape index (κ2) is 7.13. The predicted molar refractivity (Wildman–Crippen MR) is 110 cm³/mol. The number of ether oxygens (including phenoxy) is 1. The summed E-state index contributed by atoms with van der Waals surface area (Å²) in [4.78, 5) is 8.84. The number of nitrogens with zero attached hydrogens (tertiary/aromatic N) is 5. The van der Waals surface area contributed by atoms with Crippen LogP contribution in [-0.4, -0.2) is 26.7 Å². The van der Waals surface area contributed by atoms with Gasteiger partial charge in [-0.15, -0.1) is 0 Å². The van der Waals surface area contributed by atoms with Crippen molar-refractivity contribution in [3.8, 4) is 29.0 Å². The van der Waals surface area contributed by atoms with E-state index >= 15 is 0 Å². The second-order valence-corrected chi connectivity index (χ2v) is 7.29. The van der Waals surface area contributed by atoms with Crippen molar-refractivity contribution in [3.63, 3.8) is 0 Å². The smallest absolute Gasteiger partial charge is 0.360 e. The summed E-state index contributed by atoms with van der Waals surface area (Å²) in [6, 6.07) is 8.18. The Hall–Kier alpha value is -3.54. The van der Waals surface area contributed by atoms with Crippen molar-refractivity contribution in [1.82, 2.24) is 19.7 Å². The summed E-state index contributed by atoms with van der Waals surface area (Å²) in [5, 5.41) is 14.2. The third-order valence-corrected chi connectivity index (χ3v) is 4.95. The summed E-state index contributed by atoms with van der Waals surface area (Å²) in [5.41, 5.74) is 10.3. The number of aromatic nitrogens is 4. The predicted octanol–water partition coefficient (Wildman–Crippen LogP) is 2.87. The highest BCUT2D eigenvalue weighted by molar-refractivity contribution is 6.50. The molecule has 146 valence electrons. The van der Waals surface area contributed by atoms with Crippen LogP contribution in [0.3, 0.4) is 0 Å². The number of nitrogens with two attached hydrogens (primary N) is 1. The van der Waals surface area contributed by atoms with E-state index < -0.39 is 0 Å². The van der Waals surface area contributed by atoms with Crippen LogP contribution in [0, 0.1) is 18.3 Å². The SMILES string of the molecule is CB1Cc2nn(C)c(C#N)c2-c2cnc(N)c(n2)O[C@H](C)c2cc(C)ccc2O1. The van der Waals surface area contributed by atoms with Gasteiger partial charge in [-0.25, -0.2) is 9.97 Å². The van der Waals surface area contributed by atoms with Crippen LogP contribution in [0.15, 0.2) is 24.4 Å². The van der Waals surface area contributed by atoms with Crippen LogP contribution >= 0.6 is 0 Å². The molecule has 2 bridgehead atoms. The van der Waals surface area contributed by atoms with Crippen LogP contribution in [0.4, 0.5) is 5.82 Å².